The first-order chi connectivity index (χ1) is 9.70. The van der Waals surface area contributed by atoms with E-state index in [4.69, 9.17) is 6.11 Å². The normalized spacial score (nSPS) is 12.6. The summed E-state index contributed by atoms with van der Waals surface area (Å²) in [6, 6.07) is 18.1. The van der Waals surface area contributed by atoms with E-state index in [0.29, 0.717) is 0 Å². The summed E-state index contributed by atoms with van der Waals surface area (Å²) in [6.07, 6.45) is 1.70. The van der Waals surface area contributed by atoms with E-state index in [1.165, 1.54) is 5.56 Å². The van der Waals surface area contributed by atoms with E-state index in [-0.39, 0.29) is 6.52 Å². The summed E-state index contributed by atoms with van der Waals surface area (Å²) in [5.74, 6) is 0.873. The number of methoxy groups -OCH3 is 1. The van der Waals surface area contributed by atoms with Crippen molar-refractivity contribution in [3.8, 4) is 5.75 Å². The smallest absolute Gasteiger partial charge is 0.118 e. The van der Waals surface area contributed by atoms with Crippen LogP contribution in [0.5, 0.6) is 5.75 Å². The Morgan fingerprint density at radius 1 is 1.05 bits per heavy atom. The second kappa shape index (κ2) is 6.83. The first kappa shape index (κ1) is 12.1. The van der Waals surface area contributed by atoms with Gasteiger partial charge in [0.1, 0.15) is 5.75 Å². The molecule has 0 amide bonds. The Balaban J connectivity index is 1.89. The quantitative estimate of drug-likeness (QED) is 0.780. The molecule has 0 aliphatic carbocycles. The lowest BCUT2D eigenvalue weighted by molar-refractivity contribution is 0.414. The Hall–Kier alpha value is -1.96. The van der Waals surface area contributed by atoms with Gasteiger partial charge >= 0.3 is 0 Å². The van der Waals surface area contributed by atoms with Gasteiger partial charge in [0.25, 0.3) is 0 Å². The standard InChI is InChI=1S/C17H21NO/c1-18(16-8-4-3-5-9-16)14-6-7-15-10-12-17(19-2)13-11-15/h3-5,8-13H,6-7,14H2,1-2H3/i14D/t14-/m1/s1. The van der Waals surface area contributed by atoms with Crippen LogP contribution in [0, 0.1) is 0 Å². The molecule has 2 rings (SSSR count). The van der Waals surface area contributed by atoms with Crippen LogP contribution >= 0.6 is 0 Å². The van der Waals surface area contributed by atoms with Crippen LogP contribution in [0.1, 0.15) is 13.4 Å². The summed E-state index contributed by atoms with van der Waals surface area (Å²) in [5, 5.41) is 0. The molecule has 0 N–H and O–H groups in total. The highest BCUT2D eigenvalue weighted by Gasteiger charge is 2.00. The van der Waals surface area contributed by atoms with Gasteiger partial charge in [0, 0.05) is 20.6 Å². The molecule has 0 radical (unpaired) electrons. The van der Waals surface area contributed by atoms with E-state index < -0.39 is 0 Å². The van der Waals surface area contributed by atoms with Crippen molar-refractivity contribution in [1.29, 1.82) is 0 Å². The summed E-state index contributed by atoms with van der Waals surface area (Å²) in [5.41, 5.74) is 2.33. The largest absolute Gasteiger partial charge is 0.497 e. The fourth-order valence-electron chi connectivity index (χ4n) is 1.99. The van der Waals surface area contributed by atoms with Crippen molar-refractivity contribution in [2.75, 3.05) is 25.6 Å². The van der Waals surface area contributed by atoms with E-state index in [2.05, 4.69) is 12.1 Å². The van der Waals surface area contributed by atoms with Gasteiger partial charge in [-0.1, -0.05) is 30.3 Å². The average Bonchev–Trinajstić information content (AvgIpc) is 2.53. The summed E-state index contributed by atoms with van der Waals surface area (Å²) in [6.45, 7) is -0.237. The maximum absolute atomic E-state index is 8.24. The second-order valence-electron chi connectivity index (χ2n) is 4.52. The van der Waals surface area contributed by atoms with Gasteiger partial charge in [-0.15, -0.1) is 0 Å². The highest BCUT2D eigenvalue weighted by Crippen LogP contribution is 2.14. The van der Waals surface area contributed by atoms with Gasteiger partial charge in [-0.3, -0.25) is 0 Å². The van der Waals surface area contributed by atoms with Gasteiger partial charge < -0.3 is 9.64 Å². The minimum absolute atomic E-state index is 0.237. The van der Waals surface area contributed by atoms with Gasteiger partial charge in [-0.05, 0) is 42.7 Å². The van der Waals surface area contributed by atoms with Gasteiger partial charge in [0.15, 0.2) is 0 Å². The van der Waals surface area contributed by atoms with Crippen molar-refractivity contribution < 1.29 is 6.11 Å². The Morgan fingerprint density at radius 2 is 1.74 bits per heavy atom. The Kier molecular flexibility index (Phi) is 4.35. The summed E-state index contributed by atoms with van der Waals surface area (Å²) in [4.78, 5) is 2.00. The molecular formula is C17H21NO. The van der Waals surface area contributed by atoms with E-state index in [0.717, 1.165) is 24.3 Å². The zero-order valence-corrected chi connectivity index (χ0v) is 11.5. The summed E-state index contributed by atoms with van der Waals surface area (Å²) >= 11 is 0. The summed E-state index contributed by atoms with van der Waals surface area (Å²) in [7, 11) is 3.64. The van der Waals surface area contributed by atoms with Gasteiger partial charge in [-0.2, -0.15) is 0 Å². The third-order valence-corrected chi connectivity index (χ3v) is 3.16. The fourth-order valence-corrected chi connectivity index (χ4v) is 1.99. The molecule has 2 aromatic carbocycles. The number of para-hydroxylation sites is 1. The lowest BCUT2D eigenvalue weighted by Gasteiger charge is -2.19. The number of anilines is 1. The number of hydrogen-bond donors (Lipinski definition) is 0. The number of benzene rings is 2. The van der Waals surface area contributed by atoms with Crippen LogP contribution in [0.4, 0.5) is 5.69 Å². The molecule has 0 fully saturated rings. The van der Waals surface area contributed by atoms with Crippen LogP contribution in [0.2, 0.25) is 0 Å². The topological polar surface area (TPSA) is 12.5 Å². The highest BCUT2D eigenvalue weighted by molar-refractivity contribution is 5.44. The predicted molar refractivity (Wildman–Crippen MR) is 81.0 cm³/mol. The summed E-state index contributed by atoms with van der Waals surface area (Å²) < 4.78 is 13.4. The molecule has 0 aliphatic heterocycles. The fraction of sp³-hybridized carbons (Fsp3) is 0.294. The molecule has 0 aliphatic rings. The van der Waals surface area contributed by atoms with Crippen LogP contribution in [-0.2, 0) is 6.42 Å². The molecule has 0 spiro atoms. The first-order valence-electron chi connectivity index (χ1n) is 7.11. The SMILES string of the molecule is [2H][C@H](CCc1ccc(OC)cc1)N(C)c1ccccc1. The highest BCUT2D eigenvalue weighted by atomic mass is 16.5. The van der Waals surface area contributed by atoms with E-state index in [1.54, 1.807) is 7.11 Å². The van der Waals surface area contributed by atoms with Gasteiger partial charge in [-0.25, -0.2) is 0 Å². The van der Waals surface area contributed by atoms with Crippen molar-refractivity contribution in [1.82, 2.24) is 0 Å². The molecule has 1 atom stereocenters. The Morgan fingerprint density at radius 3 is 2.37 bits per heavy atom. The zero-order valence-electron chi connectivity index (χ0n) is 12.5. The van der Waals surface area contributed by atoms with Crippen LogP contribution in [0.25, 0.3) is 0 Å². The number of nitrogens with zero attached hydrogens (tertiary/aromatic N) is 1. The lowest BCUT2D eigenvalue weighted by atomic mass is 10.1. The van der Waals surface area contributed by atoms with Gasteiger partial charge in [0.05, 0.1) is 7.11 Å². The minimum atomic E-state index is -0.237. The first-order valence-corrected chi connectivity index (χ1v) is 6.54. The molecule has 2 heteroatoms. The van der Waals surface area contributed by atoms with Crippen LogP contribution in [0.3, 0.4) is 0 Å². The molecule has 2 aromatic rings. The molecule has 0 unspecified atom stereocenters. The molecule has 100 valence electrons. The predicted octanol–water partition coefficient (Wildman–Crippen LogP) is 3.76. The Labute approximate surface area is 117 Å². The maximum atomic E-state index is 8.24. The van der Waals surface area contributed by atoms with Crippen molar-refractivity contribution in [3.63, 3.8) is 0 Å². The lowest BCUT2D eigenvalue weighted by Crippen LogP contribution is -2.18. The Bertz CT molecular complexity index is 512. The van der Waals surface area contributed by atoms with Crippen LogP contribution < -0.4 is 9.64 Å². The second-order valence-corrected chi connectivity index (χ2v) is 4.52. The van der Waals surface area contributed by atoms with E-state index >= 15 is 0 Å². The van der Waals surface area contributed by atoms with Crippen molar-refractivity contribution in [3.05, 3.63) is 60.2 Å². The van der Waals surface area contributed by atoms with Gasteiger partial charge in [0.2, 0.25) is 0 Å². The number of ether oxygens (including phenoxy) is 1. The monoisotopic (exact) mass is 256 g/mol. The third kappa shape index (κ3) is 4.02. The number of aryl methyl sites for hydroxylation is 1. The average molecular weight is 256 g/mol. The molecule has 0 saturated heterocycles. The van der Waals surface area contributed by atoms with E-state index in [1.807, 2.05) is 54.4 Å². The van der Waals surface area contributed by atoms with Crippen LogP contribution in [-0.4, -0.2) is 20.7 Å². The van der Waals surface area contributed by atoms with Crippen molar-refractivity contribution in [2.24, 2.45) is 0 Å². The van der Waals surface area contributed by atoms with Crippen molar-refractivity contribution in [2.45, 2.75) is 12.8 Å². The number of rotatable bonds is 6. The molecule has 0 saturated carbocycles. The molecule has 0 bridgehead atoms. The third-order valence-electron chi connectivity index (χ3n) is 3.16. The molecule has 19 heavy (non-hydrogen) atoms. The molecule has 0 aromatic heterocycles. The molecular weight excluding hydrogens is 234 g/mol. The zero-order chi connectivity index (χ0) is 14.4. The molecule has 2 nitrogen and oxygen atoms in total. The van der Waals surface area contributed by atoms with E-state index in [9.17, 15) is 0 Å². The molecule has 0 heterocycles. The van der Waals surface area contributed by atoms with Crippen molar-refractivity contribution >= 4 is 5.69 Å². The van der Waals surface area contributed by atoms with Crippen LogP contribution in [0.15, 0.2) is 54.6 Å². The minimum Gasteiger partial charge on any atom is -0.497 e. The number of hydrogen-bond acceptors (Lipinski definition) is 2. The maximum Gasteiger partial charge on any atom is 0.118 e.